The van der Waals surface area contributed by atoms with E-state index in [1.807, 2.05) is 13.8 Å². The first-order valence-electron chi connectivity index (χ1n) is 34.9. The van der Waals surface area contributed by atoms with Crippen molar-refractivity contribution in [3.63, 3.8) is 0 Å². The zero-order chi connectivity index (χ0) is 73.7. The smallest absolute Gasteiger partial charge is 0.335 e. The zero-order valence-electron chi connectivity index (χ0n) is 57.9. The molecule has 4 saturated carbocycles. The number of carboxylic acid groups (broad SMARTS) is 1. The van der Waals surface area contributed by atoms with Gasteiger partial charge in [0.25, 0.3) is 0 Å². The molecule has 5 aliphatic heterocycles. The summed E-state index contributed by atoms with van der Waals surface area (Å²) in [6.07, 6.45) is -38.5. The largest absolute Gasteiger partial charge is 0.497 e. The molecule has 101 heavy (non-hydrogen) atoms. The van der Waals surface area contributed by atoms with Crippen molar-refractivity contribution in [2.24, 2.45) is 56.7 Å². The summed E-state index contributed by atoms with van der Waals surface area (Å²) in [7, 11) is 1.50. The summed E-state index contributed by atoms with van der Waals surface area (Å²) in [5, 5.41) is 165. The fraction of sp³-hybridized carbons (Fsp3) is 0.800. The highest BCUT2D eigenvalue weighted by molar-refractivity contribution is 5.87. The normalized spacial score (nSPS) is 49.7. The lowest BCUT2D eigenvalue weighted by Crippen LogP contribution is -2.68. The Morgan fingerprint density at radius 2 is 1.14 bits per heavy atom. The second kappa shape index (κ2) is 29.8. The van der Waals surface area contributed by atoms with E-state index in [1.165, 1.54) is 27.0 Å². The van der Waals surface area contributed by atoms with Crippen molar-refractivity contribution in [3.8, 4) is 5.75 Å². The molecule has 31 heteroatoms. The fourth-order valence-corrected chi connectivity index (χ4v) is 19.2. The third kappa shape index (κ3) is 14.0. The fourth-order valence-electron chi connectivity index (χ4n) is 19.2. The molecular weight excluding hydrogens is 1340 g/mol. The molecule has 1 aromatic rings. The van der Waals surface area contributed by atoms with Gasteiger partial charge in [0.1, 0.15) is 104 Å². The Balaban J connectivity index is 0.853. The summed E-state index contributed by atoms with van der Waals surface area (Å²) < 4.78 is 71.9. The molecule has 9 fully saturated rings. The Bertz CT molecular complexity index is 3150. The lowest BCUT2D eigenvalue weighted by atomic mass is 9.34. The number of fused-ring (bicyclic) bond motifs is 7. The van der Waals surface area contributed by atoms with Crippen LogP contribution >= 0.6 is 0 Å². The van der Waals surface area contributed by atoms with Crippen LogP contribution in [0, 0.1) is 56.7 Å². The number of aliphatic carboxylic acids is 1. The van der Waals surface area contributed by atoms with Crippen molar-refractivity contribution in [3.05, 3.63) is 47.6 Å². The van der Waals surface area contributed by atoms with Gasteiger partial charge in [0, 0.05) is 12.0 Å². The van der Waals surface area contributed by atoms with E-state index in [-0.39, 0.29) is 25.2 Å². The van der Waals surface area contributed by atoms with Crippen LogP contribution in [0.25, 0.3) is 6.08 Å². The van der Waals surface area contributed by atoms with E-state index >= 15 is 4.79 Å². The van der Waals surface area contributed by atoms with E-state index in [9.17, 15) is 91.0 Å². The predicted octanol–water partition coefficient (Wildman–Crippen LogP) is -1.78. The first kappa shape index (κ1) is 77.8. The molecule has 10 aliphatic rings. The highest BCUT2D eigenvalue weighted by Crippen LogP contribution is 2.75. The lowest BCUT2D eigenvalue weighted by Gasteiger charge is -2.71. The second-order valence-corrected chi connectivity index (χ2v) is 31.4. The molecule has 1 aromatic carbocycles. The number of carbonyl (C=O) groups excluding carboxylic acids is 3. The molecule has 0 radical (unpaired) electrons. The number of rotatable bonds is 18. The quantitative estimate of drug-likeness (QED) is 0.0254. The summed E-state index contributed by atoms with van der Waals surface area (Å²) in [4.78, 5) is 55.6. The van der Waals surface area contributed by atoms with Crippen LogP contribution in [0.4, 0.5) is 0 Å². The van der Waals surface area contributed by atoms with Gasteiger partial charge in [-0.25, -0.2) is 9.59 Å². The molecule has 0 spiro atoms. The monoisotopic (exact) mass is 1440 g/mol. The van der Waals surface area contributed by atoms with Crippen LogP contribution in [-0.2, 0) is 71.3 Å². The number of carboxylic acids is 1. The van der Waals surface area contributed by atoms with Gasteiger partial charge < -0.3 is 138 Å². The highest BCUT2D eigenvalue weighted by Gasteiger charge is 2.71. The van der Waals surface area contributed by atoms with E-state index in [0.717, 1.165) is 17.9 Å². The van der Waals surface area contributed by atoms with Gasteiger partial charge in [0.15, 0.2) is 43.5 Å². The molecule has 0 amide bonds. The first-order valence-corrected chi connectivity index (χ1v) is 34.9. The van der Waals surface area contributed by atoms with Crippen LogP contribution in [0.15, 0.2) is 42.0 Å². The van der Waals surface area contributed by atoms with Crippen LogP contribution in [0.5, 0.6) is 5.75 Å². The molecule has 5 aliphatic carbocycles. The van der Waals surface area contributed by atoms with Gasteiger partial charge in [0.05, 0.1) is 56.1 Å². The number of allylic oxidation sites excluding steroid dienone is 2. The minimum absolute atomic E-state index is 0.130. The van der Waals surface area contributed by atoms with Gasteiger partial charge in [-0.2, -0.15) is 0 Å². The van der Waals surface area contributed by atoms with E-state index in [2.05, 4.69) is 26.8 Å². The number of benzene rings is 1. The SMILES string of the molecule is COc1ccc(/C=C\C(=O)O[C@H]2[C@@H](O)[C@H](O[C@@H]3O[C@@H](C)[C@H](O)[C@@H](O)[C@H]3O[C@@H]3O[C@H](CO)[C@@H](O)[C@H](O)[C@H]3O)[C@@H](OC(=O)[C@@H]3CC(C)(C)CC4C5=CCC6[C@@]7(C)CC[C@H](O[C@@H]8O[C@H](C(=O)O)[C@@H](O)[C@H](O)[C@H]8O[C@@H]8O[C@H](CO)[C@H](O)[C@H](O)[C@H]8O)[C@@](C)(C=O)C7CC[C@@]6(C)[C@]5(C)C[C@@H](O)C43)O[C@H]2C)cc1. The Morgan fingerprint density at radius 1 is 0.574 bits per heavy atom. The second-order valence-electron chi connectivity index (χ2n) is 31.4. The summed E-state index contributed by atoms with van der Waals surface area (Å²) in [5.41, 5.74) is -2.14. The molecule has 15 N–H and O–H groups in total. The van der Waals surface area contributed by atoms with Crippen molar-refractivity contribution < 1.29 is 153 Å². The van der Waals surface area contributed by atoms with Crippen LogP contribution in [-0.4, -0.2) is 287 Å². The number of aliphatic hydroxyl groups excluding tert-OH is 14. The lowest BCUT2D eigenvalue weighted by molar-refractivity contribution is -0.388. The van der Waals surface area contributed by atoms with Crippen LogP contribution in [0.2, 0.25) is 0 Å². The van der Waals surface area contributed by atoms with Gasteiger partial charge in [-0.3, -0.25) is 4.79 Å². The molecule has 5 saturated heterocycles. The van der Waals surface area contributed by atoms with Crippen LogP contribution < -0.4 is 4.74 Å². The number of esters is 2. The number of ether oxygens (including phenoxy) is 12. The molecule has 31 nitrogen and oxygen atoms in total. The molecule has 11 rings (SSSR count). The molecule has 0 aromatic heterocycles. The Labute approximate surface area is 583 Å². The van der Waals surface area contributed by atoms with Gasteiger partial charge >= 0.3 is 17.9 Å². The summed E-state index contributed by atoms with van der Waals surface area (Å²) in [5.74, 6) is -5.57. The minimum atomic E-state index is -2.11. The third-order valence-corrected chi connectivity index (χ3v) is 24.9. The molecule has 0 bridgehead atoms. The summed E-state index contributed by atoms with van der Waals surface area (Å²) >= 11 is 0. The number of carbonyl (C=O) groups is 4. The molecular formula is C70H102O31. The van der Waals surface area contributed by atoms with Crippen molar-refractivity contribution in [2.45, 2.75) is 272 Å². The average Bonchev–Trinajstić information content (AvgIpc) is 0.676. The number of aliphatic hydroxyl groups is 14. The number of hydrogen-bond donors (Lipinski definition) is 15. The van der Waals surface area contributed by atoms with E-state index in [1.54, 1.807) is 31.2 Å². The van der Waals surface area contributed by atoms with Gasteiger partial charge in [0.2, 0.25) is 6.29 Å². The van der Waals surface area contributed by atoms with E-state index in [4.69, 9.17) is 56.8 Å². The molecule has 36 atom stereocenters. The summed E-state index contributed by atoms with van der Waals surface area (Å²) in [6, 6.07) is 6.73. The zero-order valence-corrected chi connectivity index (χ0v) is 57.9. The van der Waals surface area contributed by atoms with Crippen LogP contribution in [0.1, 0.15) is 112 Å². The van der Waals surface area contributed by atoms with Crippen LogP contribution in [0.3, 0.4) is 0 Å². The number of aldehydes is 1. The van der Waals surface area contributed by atoms with Crippen molar-refractivity contribution >= 4 is 30.3 Å². The standard InChI is InChI=1S/C70H102O31/c1-28-43(76)48(81)56(98-61-51(84)46(79)44(77)36(25-71)93-61)63(91-28)100-58-53(86)54(96-41(75)17-12-30-10-13-31(90-9)14-11-30)29(2)92-64(58)101-60(89)33-23-66(3,4)22-32-34-15-16-39-67(5)20-19-40(68(6,27-73)38(67)18-21-69(39,7)70(34,8)24-35(74)42(32)33)95-65-57(50(83)49(82)55(97-65)59(87)88)99-62-52(85)47(80)45(78)37(26-72)94-62/h10-15,17,27-29,32-33,35-40,42-58,61-65,71-72,74,76-86H,16,18-26H2,1-9H3,(H,87,88)/b17-12-/t28-,29-,32?,33+,35+,36+,37+,38?,39?,40-,42?,43-,44+,45-,46-,47-,48+,49-,50-,51+,52+,53+,54+,55-,56+,57+,58-,61-,62-,63-,64+,65+,67-,68-,69+,70+/m0/s1. The van der Waals surface area contributed by atoms with Crippen molar-refractivity contribution in [2.75, 3.05) is 20.3 Å². The molecule has 4 unspecified atom stereocenters. The van der Waals surface area contributed by atoms with Crippen molar-refractivity contribution in [1.82, 2.24) is 0 Å². The maximum Gasteiger partial charge on any atom is 0.335 e. The van der Waals surface area contributed by atoms with E-state index in [0.29, 0.717) is 43.4 Å². The molecule has 5 heterocycles. The molecule has 568 valence electrons. The topological polar surface area (TPSA) is 482 Å². The first-order chi connectivity index (χ1) is 47.5. The maximum atomic E-state index is 15.5. The average molecular weight is 1440 g/mol. The number of methoxy groups -OCH3 is 1. The summed E-state index contributed by atoms with van der Waals surface area (Å²) in [6.45, 7) is 13.5. The minimum Gasteiger partial charge on any atom is -0.497 e. The number of hydrogen-bond acceptors (Lipinski definition) is 30. The Kier molecular flexibility index (Phi) is 22.9. The Morgan fingerprint density at radius 3 is 1.71 bits per heavy atom. The van der Waals surface area contributed by atoms with Crippen molar-refractivity contribution in [1.29, 1.82) is 0 Å². The third-order valence-electron chi connectivity index (χ3n) is 24.9. The Hall–Kier alpha value is -4.34. The van der Waals surface area contributed by atoms with E-state index < -0.39 is 248 Å². The van der Waals surface area contributed by atoms with Gasteiger partial charge in [-0.15, -0.1) is 0 Å². The van der Waals surface area contributed by atoms with Gasteiger partial charge in [-0.1, -0.05) is 65.3 Å². The predicted molar refractivity (Wildman–Crippen MR) is 341 cm³/mol. The maximum absolute atomic E-state index is 15.5. The highest BCUT2D eigenvalue weighted by atomic mass is 16.8. The van der Waals surface area contributed by atoms with Gasteiger partial charge in [-0.05, 0) is 128 Å².